The van der Waals surface area contributed by atoms with Crippen LogP contribution < -0.4 is 16.0 Å². The average Bonchev–Trinajstić information content (AvgIpc) is 3.26. The number of hydrogen-bond acceptors (Lipinski definition) is 6. The SMILES string of the molecule is Cc1nnc(CN=C(NCCNC(=O)OC(C)(C)C)NCCc2cccs2)n1C.I. The summed E-state index contributed by atoms with van der Waals surface area (Å²) in [5.74, 6) is 2.29. The van der Waals surface area contributed by atoms with Crippen molar-refractivity contribution in [3.63, 3.8) is 0 Å². The van der Waals surface area contributed by atoms with Gasteiger partial charge in [-0.15, -0.1) is 45.5 Å². The Morgan fingerprint density at radius 2 is 1.90 bits per heavy atom. The minimum Gasteiger partial charge on any atom is -0.444 e. The van der Waals surface area contributed by atoms with Gasteiger partial charge < -0.3 is 25.3 Å². The molecule has 2 aromatic rings. The zero-order valence-corrected chi connectivity index (χ0v) is 21.3. The van der Waals surface area contributed by atoms with E-state index in [9.17, 15) is 4.79 Å². The molecular weight excluding hydrogens is 517 g/mol. The van der Waals surface area contributed by atoms with Crippen molar-refractivity contribution in [3.8, 4) is 0 Å². The summed E-state index contributed by atoms with van der Waals surface area (Å²) in [6.07, 6.45) is 0.482. The van der Waals surface area contributed by atoms with Crippen LogP contribution in [0.25, 0.3) is 0 Å². The number of hydrogen-bond donors (Lipinski definition) is 3. The number of ether oxygens (including phenoxy) is 1. The first-order chi connectivity index (χ1) is 13.7. The second kappa shape index (κ2) is 12.7. The highest BCUT2D eigenvalue weighted by Gasteiger charge is 2.15. The fourth-order valence-electron chi connectivity index (χ4n) is 2.33. The first-order valence-corrected chi connectivity index (χ1v) is 10.5. The van der Waals surface area contributed by atoms with Gasteiger partial charge in [0.2, 0.25) is 0 Å². The van der Waals surface area contributed by atoms with Gasteiger partial charge in [-0.2, -0.15) is 0 Å². The van der Waals surface area contributed by atoms with Gasteiger partial charge in [-0.05, 0) is 45.6 Å². The summed E-state index contributed by atoms with van der Waals surface area (Å²) in [6.45, 7) is 9.51. The normalized spacial score (nSPS) is 11.6. The highest BCUT2D eigenvalue weighted by molar-refractivity contribution is 14.0. The summed E-state index contributed by atoms with van der Waals surface area (Å²) < 4.78 is 7.14. The molecule has 0 saturated heterocycles. The number of rotatable bonds is 8. The molecule has 1 amide bonds. The Kier molecular flexibility index (Phi) is 11.1. The van der Waals surface area contributed by atoms with Crippen molar-refractivity contribution in [2.75, 3.05) is 19.6 Å². The Labute approximate surface area is 199 Å². The van der Waals surface area contributed by atoms with Gasteiger partial charge in [0, 0.05) is 31.6 Å². The summed E-state index contributed by atoms with van der Waals surface area (Å²) >= 11 is 1.74. The van der Waals surface area contributed by atoms with Crippen molar-refractivity contribution >= 4 is 47.4 Å². The largest absolute Gasteiger partial charge is 0.444 e. The lowest BCUT2D eigenvalue weighted by atomic mass is 10.2. The van der Waals surface area contributed by atoms with E-state index in [1.165, 1.54) is 4.88 Å². The molecule has 2 aromatic heterocycles. The molecule has 168 valence electrons. The first-order valence-electron chi connectivity index (χ1n) is 9.61. The maximum absolute atomic E-state index is 11.7. The van der Waals surface area contributed by atoms with Gasteiger partial charge in [0.05, 0.1) is 0 Å². The average molecular weight is 549 g/mol. The zero-order chi connectivity index (χ0) is 21.3. The lowest BCUT2D eigenvalue weighted by molar-refractivity contribution is 0.0529. The van der Waals surface area contributed by atoms with Crippen molar-refractivity contribution in [1.29, 1.82) is 0 Å². The molecule has 0 saturated carbocycles. The number of nitrogens with one attached hydrogen (secondary N) is 3. The van der Waals surface area contributed by atoms with Crippen LogP contribution in [0.15, 0.2) is 22.5 Å². The van der Waals surface area contributed by atoms with Crippen molar-refractivity contribution in [2.45, 2.75) is 46.3 Å². The highest BCUT2D eigenvalue weighted by atomic mass is 127. The lowest BCUT2D eigenvalue weighted by Gasteiger charge is -2.20. The Morgan fingerprint density at radius 1 is 1.20 bits per heavy atom. The van der Waals surface area contributed by atoms with Gasteiger partial charge in [0.15, 0.2) is 11.8 Å². The van der Waals surface area contributed by atoms with E-state index in [-0.39, 0.29) is 24.0 Å². The van der Waals surface area contributed by atoms with Crippen molar-refractivity contribution < 1.29 is 9.53 Å². The van der Waals surface area contributed by atoms with Crippen LogP contribution in [0, 0.1) is 6.92 Å². The van der Waals surface area contributed by atoms with Crippen LogP contribution in [-0.2, 0) is 24.8 Å². The molecule has 3 N–H and O–H groups in total. The number of carbonyl (C=O) groups excluding carboxylic acids is 1. The molecule has 9 nitrogen and oxygen atoms in total. The van der Waals surface area contributed by atoms with Gasteiger partial charge in [0.25, 0.3) is 0 Å². The molecule has 2 rings (SSSR count). The Morgan fingerprint density at radius 3 is 2.50 bits per heavy atom. The van der Waals surface area contributed by atoms with Crippen LogP contribution in [0.3, 0.4) is 0 Å². The van der Waals surface area contributed by atoms with E-state index in [0.29, 0.717) is 25.6 Å². The van der Waals surface area contributed by atoms with Crippen molar-refractivity contribution in [2.24, 2.45) is 12.0 Å². The molecule has 11 heteroatoms. The highest BCUT2D eigenvalue weighted by Crippen LogP contribution is 2.08. The van der Waals surface area contributed by atoms with Gasteiger partial charge in [-0.3, -0.25) is 0 Å². The number of aryl methyl sites for hydroxylation is 1. The number of guanidine groups is 1. The molecule has 2 heterocycles. The Balaban J connectivity index is 0.00000450. The maximum atomic E-state index is 11.7. The third-order valence-electron chi connectivity index (χ3n) is 3.89. The van der Waals surface area contributed by atoms with Crippen molar-refractivity contribution in [3.05, 3.63) is 34.0 Å². The predicted octanol–water partition coefficient (Wildman–Crippen LogP) is 2.61. The fraction of sp³-hybridized carbons (Fsp3) is 0.579. The minimum absolute atomic E-state index is 0. The van der Waals surface area contributed by atoms with E-state index in [4.69, 9.17) is 4.74 Å². The third-order valence-corrected chi connectivity index (χ3v) is 4.83. The van der Waals surface area contributed by atoms with Gasteiger partial charge in [-0.25, -0.2) is 9.79 Å². The molecule has 0 spiro atoms. The topological polar surface area (TPSA) is 105 Å². The molecule has 0 bridgehead atoms. The summed E-state index contributed by atoms with van der Waals surface area (Å²) in [5.41, 5.74) is -0.512. The van der Waals surface area contributed by atoms with Gasteiger partial charge in [0.1, 0.15) is 18.0 Å². The van der Waals surface area contributed by atoms with Crippen LogP contribution in [0.5, 0.6) is 0 Å². The molecule has 0 aliphatic rings. The fourth-order valence-corrected chi connectivity index (χ4v) is 3.04. The lowest BCUT2D eigenvalue weighted by Crippen LogP contribution is -2.43. The van der Waals surface area contributed by atoms with Crippen LogP contribution in [0.4, 0.5) is 4.79 Å². The molecule has 0 aliphatic carbocycles. The number of carbonyl (C=O) groups is 1. The van der Waals surface area contributed by atoms with E-state index < -0.39 is 11.7 Å². The molecular formula is C19H32IN7O2S. The predicted molar refractivity (Wildman–Crippen MR) is 131 cm³/mol. The molecule has 30 heavy (non-hydrogen) atoms. The van der Waals surface area contributed by atoms with E-state index in [2.05, 4.69) is 42.6 Å². The number of amides is 1. The van der Waals surface area contributed by atoms with Crippen LogP contribution in [0.1, 0.15) is 37.3 Å². The monoisotopic (exact) mass is 549 g/mol. The number of thiophene rings is 1. The molecule has 0 atom stereocenters. The second-order valence-corrected chi connectivity index (χ2v) is 8.53. The molecule has 0 fully saturated rings. The summed E-state index contributed by atoms with van der Waals surface area (Å²) in [4.78, 5) is 17.6. The van der Waals surface area contributed by atoms with Crippen LogP contribution >= 0.6 is 35.3 Å². The Hall–Kier alpha value is -1.89. The zero-order valence-electron chi connectivity index (χ0n) is 18.2. The van der Waals surface area contributed by atoms with Crippen LogP contribution in [0.2, 0.25) is 0 Å². The van der Waals surface area contributed by atoms with Crippen LogP contribution in [-0.4, -0.2) is 52.1 Å². The molecule has 0 unspecified atom stereocenters. The molecule has 0 radical (unpaired) electrons. The van der Waals surface area contributed by atoms with Gasteiger partial charge >= 0.3 is 6.09 Å². The van der Waals surface area contributed by atoms with Gasteiger partial charge in [-0.1, -0.05) is 6.07 Å². The quantitative estimate of drug-likeness (QED) is 0.203. The molecule has 0 aliphatic heterocycles. The Bertz CT molecular complexity index is 800. The number of aromatic nitrogens is 3. The number of aliphatic imine (C=N–C) groups is 1. The van der Waals surface area contributed by atoms with E-state index in [1.54, 1.807) is 11.3 Å². The number of nitrogens with zero attached hydrogens (tertiary/aromatic N) is 4. The smallest absolute Gasteiger partial charge is 0.407 e. The minimum atomic E-state index is -0.512. The number of alkyl carbamates (subject to hydrolysis) is 1. The van der Waals surface area contributed by atoms with E-state index in [1.807, 2.05) is 45.4 Å². The third kappa shape index (κ3) is 9.74. The molecule has 0 aromatic carbocycles. The van der Waals surface area contributed by atoms with E-state index in [0.717, 1.165) is 24.6 Å². The second-order valence-electron chi connectivity index (χ2n) is 7.50. The number of halogens is 1. The van der Waals surface area contributed by atoms with Crippen molar-refractivity contribution in [1.82, 2.24) is 30.7 Å². The summed E-state index contributed by atoms with van der Waals surface area (Å²) in [5, 5.41) is 19.6. The standard InChI is InChI=1S/C19H31N7O2S.HI/c1-14-24-25-16(26(14)5)13-23-17(20-9-8-15-7-6-12-29-15)21-10-11-22-18(27)28-19(2,3)4;/h6-7,12H,8-11,13H2,1-5H3,(H,22,27)(H2,20,21,23);1H. The maximum Gasteiger partial charge on any atom is 0.407 e. The van der Waals surface area contributed by atoms with E-state index >= 15 is 0 Å². The summed E-state index contributed by atoms with van der Waals surface area (Å²) in [6, 6.07) is 4.16. The summed E-state index contributed by atoms with van der Waals surface area (Å²) in [7, 11) is 1.92. The first kappa shape index (κ1) is 26.1.